The summed E-state index contributed by atoms with van der Waals surface area (Å²) in [6, 6.07) is 0. The fraction of sp³-hybridized carbons (Fsp3) is 0. The summed E-state index contributed by atoms with van der Waals surface area (Å²) >= 11 is -5.75. The Morgan fingerprint density at radius 3 is 1.25 bits per heavy atom. The summed E-state index contributed by atoms with van der Waals surface area (Å²) < 4.78 is 34.4. The molecule has 0 aromatic carbocycles. The first-order valence-corrected chi connectivity index (χ1v) is 3.26. The minimum absolute atomic E-state index is 0. The molecule has 7 nitrogen and oxygen atoms in total. The average Bonchev–Trinajstić information content (AvgIpc) is 1.27. The van der Waals surface area contributed by atoms with E-state index in [1.807, 2.05) is 0 Å². The van der Waals surface area contributed by atoms with Gasteiger partial charge in [0.1, 0.15) is 0 Å². The van der Waals surface area contributed by atoms with Crippen LogP contribution in [0, 0.1) is 11.5 Å². The first kappa shape index (κ1) is 37.5. The predicted octanol–water partition coefficient (Wildman–Crippen LogP) is -3.70. The molecular weight excluding hydrogens is 510 g/mol. The topological polar surface area (TPSA) is 159 Å². The van der Waals surface area contributed by atoms with Crippen molar-refractivity contribution in [3.05, 3.63) is 0 Å². The summed E-state index contributed by atoms with van der Waals surface area (Å²) in [5.74, 6) is 0. The maximum Gasteiger partial charge on any atom is 2.00 e. The van der Waals surface area contributed by atoms with Crippen LogP contribution in [0.3, 0.4) is 0 Å². The van der Waals surface area contributed by atoms with Crippen molar-refractivity contribution in [1.29, 1.82) is 5.26 Å². The van der Waals surface area contributed by atoms with Gasteiger partial charge in [0.05, 0.1) is 0 Å². The van der Waals surface area contributed by atoms with Crippen molar-refractivity contribution < 1.29 is 74.0 Å². The van der Waals surface area contributed by atoms with E-state index in [2.05, 4.69) is 5.73 Å². The standard InChI is InChI=1S/CH2N2.Cr.5O.Pb.2Zn/c2-1-3;;;;;;;;;/h2H2;;;;;;;;;/q;;;;-2;2*-1;3*+2. The molecular formula is CH2CrN2O5PbZn2+2. The zero-order valence-electron chi connectivity index (χ0n) is 5.89. The molecule has 0 aliphatic rings. The van der Waals surface area contributed by atoms with Gasteiger partial charge in [-0.1, -0.05) is 0 Å². The third kappa shape index (κ3) is 581. The van der Waals surface area contributed by atoms with E-state index in [1.165, 1.54) is 6.19 Å². The van der Waals surface area contributed by atoms with Gasteiger partial charge in [-0.25, -0.2) is 0 Å². The van der Waals surface area contributed by atoms with Crippen LogP contribution in [-0.4, -0.2) is 27.3 Å². The second-order valence-electron chi connectivity index (χ2n) is 0.537. The zero-order chi connectivity index (χ0) is 7.21. The van der Waals surface area contributed by atoms with Gasteiger partial charge in [-0.05, 0) is 0 Å². The molecule has 0 heterocycles. The fourth-order valence-electron chi connectivity index (χ4n) is 0. The molecule has 0 aromatic rings. The molecule has 0 saturated carbocycles. The van der Waals surface area contributed by atoms with Crippen LogP contribution in [0.5, 0.6) is 0 Å². The van der Waals surface area contributed by atoms with Gasteiger partial charge in [-0.15, -0.1) is 0 Å². The van der Waals surface area contributed by atoms with Gasteiger partial charge < -0.3 is 11.2 Å². The summed E-state index contributed by atoms with van der Waals surface area (Å²) in [6.45, 7) is 0. The average molecular weight is 512 g/mol. The van der Waals surface area contributed by atoms with Gasteiger partial charge in [-0.2, -0.15) is 5.26 Å². The van der Waals surface area contributed by atoms with E-state index in [0.717, 1.165) is 0 Å². The molecule has 0 aliphatic carbocycles. The van der Waals surface area contributed by atoms with Crippen molar-refractivity contribution in [3.8, 4) is 6.19 Å². The van der Waals surface area contributed by atoms with Crippen LogP contribution in [-0.2, 0) is 65.7 Å². The van der Waals surface area contributed by atoms with Crippen molar-refractivity contribution in [1.82, 2.24) is 0 Å². The molecule has 0 atom stereocenters. The smallest absolute Gasteiger partial charge is 2.00 e. The van der Waals surface area contributed by atoms with E-state index >= 15 is 0 Å². The van der Waals surface area contributed by atoms with E-state index in [1.54, 1.807) is 0 Å². The molecule has 11 heteroatoms. The maximum atomic E-state index is 8.59. The quantitative estimate of drug-likeness (QED) is 0.200. The number of hydrogen-bond donors (Lipinski definition) is 1. The summed E-state index contributed by atoms with van der Waals surface area (Å²) in [4.78, 5) is 0. The monoisotopic (exact) mass is 510 g/mol. The Labute approximate surface area is 117 Å². The molecule has 0 saturated heterocycles. The number of nitrogens with zero attached hydrogens (tertiary/aromatic N) is 1. The number of nitriles is 1. The fourth-order valence-corrected chi connectivity index (χ4v) is 0. The Morgan fingerprint density at radius 1 is 1.25 bits per heavy atom. The number of hydrogen-bond acceptors (Lipinski definition) is 6. The second kappa shape index (κ2) is 22.9. The van der Waals surface area contributed by atoms with Crippen molar-refractivity contribution in [3.63, 3.8) is 0 Å². The molecule has 0 amide bonds. The summed E-state index contributed by atoms with van der Waals surface area (Å²) in [5.41, 5.74) is 4.15. The SMILES string of the molecule is N#CN.[O-2].[O]=[Cr](=[O])([O-])[O-].[Pb+2].[Zn+2].[Zn+2]. The Balaban J connectivity index is -0.0000000119. The Kier molecular flexibility index (Phi) is 71.5. The molecule has 0 unspecified atom stereocenters. The molecule has 58 valence electrons. The number of nitrogens with two attached hydrogens (primary N) is 1. The number of rotatable bonds is 0. The third-order valence-electron chi connectivity index (χ3n) is 0. The molecule has 0 aromatic heterocycles. The van der Waals surface area contributed by atoms with Gasteiger partial charge in [-0.3, -0.25) is 0 Å². The minimum Gasteiger partial charge on any atom is 2.00 e. The van der Waals surface area contributed by atoms with Crippen LogP contribution >= 0.6 is 0 Å². The van der Waals surface area contributed by atoms with Gasteiger partial charge >= 0.3 is 95.8 Å². The molecule has 2 N–H and O–H groups in total. The first-order chi connectivity index (χ1) is 3.41. The molecule has 0 spiro atoms. The van der Waals surface area contributed by atoms with Crippen LogP contribution < -0.4 is 14.1 Å². The first-order valence-electron chi connectivity index (χ1n) is 1.18. The van der Waals surface area contributed by atoms with E-state index < -0.39 is 13.6 Å². The van der Waals surface area contributed by atoms with Crippen molar-refractivity contribution >= 4 is 27.3 Å². The van der Waals surface area contributed by atoms with Crippen molar-refractivity contribution in [2.24, 2.45) is 5.73 Å². The molecule has 2 radical (unpaired) electrons. The van der Waals surface area contributed by atoms with Crippen LogP contribution in [0.15, 0.2) is 0 Å². The van der Waals surface area contributed by atoms with E-state index in [9.17, 15) is 0 Å². The summed E-state index contributed by atoms with van der Waals surface area (Å²) in [6.07, 6.45) is 1.25. The van der Waals surface area contributed by atoms with Crippen molar-refractivity contribution in [2.45, 2.75) is 0 Å². The minimum atomic E-state index is -5.75. The largest absolute Gasteiger partial charge is 2.00 e. The molecule has 12 heavy (non-hydrogen) atoms. The zero-order valence-corrected chi connectivity index (χ0v) is 17.0. The van der Waals surface area contributed by atoms with Gasteiger partial charge in [0.2, 0.25) is 0 Å². The van der Waals surface area contributed by atoms with Crippen LogP contribution in [0.25, 0.3) is 0 Å². The summed E-state index contributed by atoms with van der Waals surface area (Å²) in [5, 5.41) is 7.10. The predicted molar refractivity (Wildman–Crippen MR) is 17.6 cm³/mol. The Bertz CT molecular complexity index is 168. The molecule has 0 bridgehead atoms. The van der Waals surface area contributed by atoms with Gasteiger partial charge in [0.15, 0.2) is 6.19 Å². The third-order valence-corrected chi connectivity index (χ3v) is 0. The Hall–Kier alpha value is 1.47. The summed E-state index contributed by atoms with van der Waals surface area (Å²) in [7, 11) is 0. The maximum absolute atomic E-state index is 8.59. The Morgan fingerprint density at radius 2 is 1.25 bits per heavy atom. The molecule has 0 aliphatic heterocycles. The van der Waals surface area contributed by atoms with E-state index in [4.69, 9.17) is 21.2 Å². The van der Waals surface area contributed by atoms with E-state index in [0.29, 0.717) is 0 Å². The van der Waals surface area contributed by atoms with Gasteiger partial charge in [0, 0.05) is 0 Å². The van der Waals surface area contributed by atoms with E-state index in [-0.39, 0.29) is 71.7 Å². The second-order valence-corrected chi connectivity index (χ2v) is 1.81. The van der Waals surface area contributed by atoms with Crippen LogP contribution in [0.2, 0.25) is 0 Å². The van der Waals surface area contributed by atoms with Crippen LogP contribution in [0.4, 0.5) is 0 Å². The van der Waals surface area contributed by atoms with Crippen LogP contribution in [0.1, 0.15) is 0 Å². The molecule has 0 rings (SSSR count). The molecule has 0 fully saturated rings. The normalized spacial score (nSPS) is 5.42. The van der Waals surface area contributed by atoms with Gasteiger partial charge in [0.25, 0.3) is 0 Å². The van der Waals surface area contributed by atoms with Crippen molar-refractivity contribution in [2.75, 3.05) is 0 Å².